The van der Waals surface area contributed by atoms with Crippen LogP contribution >= 0.6 is 23.2 Å². The number of aliphatic hydroxyl groups excluding tert-OH is 1. The number of aliphatic hydroxyl groups is 1. The van der Waals surface area contributed by atoms with Gasteiger partial charge in [-0.15, -0.1) is 0 Å². The zero-order chi connectivity index (χ0) is 13.4. The van der Waals surface area contributed by atoms with Gasteiger partial charge < -0.3 is 15.7 Å². The van der Waals surface area contributed by atoms with Crippen LogP contribution in [0.1, 0.15) is 26.2 Å². The molecule has 0 radical (unpaired) electrons. The summed E-state index contributed by atoms with van der Waals surface area (Å²) in [5, 5.41) is 16.0. The molecule has 1 rings (SSSR count). The number of nitrogens with zero attached hydrogens (tertiary/aromatic N) is 1. The number of pyridine rings is 1. The fraction of sp³-hybridized carbons (Fsp3) is 0.583. The maximum atomic E-state index is 8.70. The summed E-state index contributed by atoms with van der Waals surface area (Å²) >= 11 is 12.1. The van der Waals surface area contributed by atoms with Gasteiger partial charge in [-0.2, -0.15) is 0 Å². The molecule has 6 heteroatoms. The topological polar surface area (TPSA) is 57.2 Å². The number of hydrogen-bond donors (Lipinski definition) is 3. The highest BCUT2D eigenvalue weighted by Crippen LogP contribution is 2.29. The minimum Gasteiger partial charge on any atom is -0.396 e. The molecule has 0 aliphatic heterocycles. The van der Waals surface area contributed by atoms with Gasteiger partial charge in [-0.25, -0.2) is 4.98 Å². The highest BCUT2D eigenvalue weighted by atomic mass is 35.5. The van der Waals surface area contributed by atoms with Crippen molar-refractivity contribution in [3.8, 4) is 0 Å². The van der Waals surface area contributed by atoms with Crippen molar-refractivity contribution in [1.29, 1.82) is 0 Å². The number of nitrogens with one attached hydrogen (secondary N) is 2. The molecular formula is C12H19Cl2N3O. The highest BCUT2D eigenvalue weighted by molar-refractivity contribution is 6.37. The van der Waals surface area contributed by atoms with Gasteiger partial charge in [-0.05, 0) is 25.3 Å². The summed E-state index contributed by atoms with van der Waals surface area (Å²) in [5.74, 6) is 1.27. The molecule has 0 spiro atoms. The molecule has 0 bridgehead atoms. The van der Waals surface area contributed by atoms with Crippen LogP contribution in [0.25, 0.3) is 0 Å². The van der Waals surface area contributed by atoms with Gasteiger partial charge in [0.15, 0.2) is 0 Å². The van der Waals surface area contributed by atoms with Crippen molar-refractivity contribution >= 4 is 34.8 Å². The van der Waals surface area contributed by atoms with Crippen LogP contribution in [0, 0.1) is 0 Å². The maximum Gasteiger partial charge on any atom is 0.147 e. The number of anilines is 2. The lowest BCUT2D eigenvalue weighted by molar-refractivity contribution is 0.286. The zero-order valence-electron chi connectivity index (χ0n) is 10.5. The average molecular weight is 292 g/mol. The quantitative estimate of drug-likeness (QED) is 0.643. The van der Waals surface area contributed by atoms with Gasteiger partial charge in [-0.3, -0.25) is 0 Å². The van der Waals surface area contributed by atoms with Gasteiger partial charge in [0.1, 0.15) is 11.6 Å². The molecule has 0 amide bonds. The third-order valence-corrected chi connectivity index (χ3v) is 2.93. The average Bonchev–Trinajstić information content (AvgIpc) is 2.35. The Balaban J connectivity index is 2.65. The number of hydrogen-bond acceptors (Lipinski definition) is 4. The van der Waals surface area contributed by atoms with Gasteiger partial charge in [0.05, 0.1) is 10.0 Å². The van der Waals surface area contributed by atoms with E-state index in [1.807, 2.05) is 0 Å². The first-order valence-corrected chi connectivity index (χ1v) is 6.89. The summed E-state index contributed by atoms with van der Waals surface area (Å²) in [6.07, 6.45) is 2.63. The Kier molecular flexibility index (Phi) is 7.16. The van der Waals surface area contributed by atoms with Crippen molar-refractivity contribution in [3.05, 3.63) is 16.1 Å². The van der Waals surface area contributed by atoms with E-state index in [2.05, 4.69) is 22.5 Å². The van der Waals surface area contributed by atoms with Crippen molar-refractivity contribution in [3.63, 3.8) is 0 Å². The molecule has 1 aromatic heterocycles. The van der Waals surface area contributed by atoms with E-state index < -0.39 is 0 Å². The molecule has 1 aromatic rings. The van der Waals surface area contributed by atoms with Gasteiger partial charge in [0.25, 0.3) is 0 Å². The van der Waals surface area contributed by atoms with E-state index in [1.54, 1.807) is 6.07 Å². The van der Waals surface area contributed by atoms with Crippen LogP contribution in [0.5, 0.6) is 0 Å². The summed E-state index contributed by atoms with van der Waals surface area (Å²) in [6.45, 7) is 3.82. The molecule has 0 unspecified atom stereocenters. The molecule has 0 fully saturated rings. The molecule has 1 heterocycles. The lowest BCUT2D eigenvalue weighted by atomic mass is 10.3. The van der Waals surface area contributed by atoms with Crippen molar-refractivity contribution in [1.82, 2.24) is 4.98 Å². The number of halogens is 2. The molecule has 3 N–H and O–H groups in total. The van der Waals surface area contributed by atoms with E-state index in [-0.39, 0.29) is 6.61 Å². The van der Waals surface area contributed by atoms with Crippen molar-refractivity contribution in [2.45, 2.75) is 26.2 Å². The fourth-order valence-corrected chi connectivity index (χ4v) is 1.89. The Morgan fingerprint density at radius 1 is 1.11 bits per heavy atom. The minimum atomic E-state index is 0.201. The SMILES string of the molecule is CCCNc1nc(NCCCCO)c(Cl)cc1Cl. The van der Waals surface area contributed by atoms with Gasteiger partial charge >= 0.3 is 0 Å². The molecule has 18 heavy (non-hydrogen) atoms. The monoisotopic (exact) mass is 291 g/mol. The van der Waals surface area contributed by atoms with Crippen LogP contribution in [-0.4, -0.2) is 29.8 Å². The van der Waals surface area contributed by atoms with Gasteiger partial charge in [0, 0.05) is 19.7 Å². The van der Waals surface area contributed by atoms with Crippen molar-refractivity contribution < 1.29 is 5.11 Å². The number of aromatic nitrogens is 1. The molecule has 0 aliphatic rings. The summed E-state index contributed by atoms with van der Waals surface area (Å²) in [5.41, 5.74) is 0. The minimum absolute atomic E-state index is 0.201. The second kappa shape index (κ2) is 8.40. The van der Waals surface area contributed by atoms with Gasteiger partial charge in [0.2, 0.25) is 0 Å². The van der Waals surface area contributed by atoms with Gasteiger partial charge in [-0.1, -0.05) is 30.1 Å². The normalized spacial score (nSPS) is 10.4. The van der Waals surface area contributed by atoms with E-state index in [0.29, 0.717) is 21.7 Å². The Morgan fingerprint density at radius 2 is 1.72 bits per heavy atom. The second-order valence-electron chi connectivity index (χ2n) is 3.93. The molecule has 0 saturated carbocycles. The zero-order valence-corrected chi connectivity index (χ0v) is 12.0. The molecule has 102 valence electrons. The van der Waals surface area contributed by atoms with Crippen molar-refractivity contribution in [2.75, 3.05) is 30.3 Å². The fourth-order valence-electron chi connectivity index (χ4n) is 1.40. The van der Waals surface area contributed by atoms with E-state index in [9.17, 15) is 0 Å². The van der Waals surface area contributed by atoms with Crippen LogP contribution in [0.3, 0.4) is 0 Å². The highest BCUT2D eigenvalue weighted by Gasteiger charge is 2.08. The summed E-state index contributed by atoms with van der Waals surface area (Å²) < 4.78 is 0. The maximum absolute atomic E-state index is 8.70. The Labute approximate surface area is 118 Å². The summed E-state index contributed by atoms with van der Waals surface area (Å²) in [4.78, 5) is 4.36. The van der Waals surface area contributed by atoms with Crippen LogP contribution in [0.15, 0.2) is 6.07 Å². The van der Waals surface area contributed by atoms with E-state index >= 15 is 0 Å². The van der Waals surface area contributed by atoms with E-state index in [0.717, 1.165) is 32.4 Å². The number of unbranched alkanes of at least 4 members (excludes halogenated alkanes) is 1. The Morgan fingerprint density at radius 3 is 2.28 bits per heavy atom. The van der Waals surface area contributed by atoms with Crippen LogP contribution < -0.4 is 10.6 Å². The molecule has 0 aliphatic carbocycles. The molecule has 0 atom stereocenters. The molecule has 4 nitrogen and oxygen atoms in total. The van der Waals surface area contributed by atoms with E-state index in [4.69, 9.17) is 28.3 Å². The second-order valence-corrected chi connectivity index (χ2v) is 4.75. The molecule has 0 saturated heterocycles. The Bertz CT molecular complexity index is 375. The standard InChI is InChI=1S/C12H19Cl2N3O/c1-2-5-15-11-9(13)8-10(14)12(17-11)16-6-3-4-7-18/h8,18H,2-7H2,1H3,(H2,15,16,17). The van der Waals surface area contributed by atoms with Crippen LogP contribution in [-0.2, 0) is 0 Å². The van der Waals surface area contributed by atoms with Crippen molar-refractivity contribution in [2.24, 2.45) is 0 Å². The smallest absolute Gasteiger partial charge is 0.147 e. The predicted molar refractivity (Wildman–Crippen MR) is 77.8 cm³/mol. The summed E-state index contributed by atoms with van der Waals surface area (Å²) in [6, 6.07) is 1.68. The van der Waals surface area contributed by atoms with Crippen LogP contribution in [0.4, 0.5) is 11.6 Å². The molecule has 0 aromatic carbocycles. The lowest BCUT2D eigenvalue weighted by Gasteiger charge is -2.11. The van der Waals surface area contributed by atoms with Crippen LogP contribution in [0.2, 0.25) is 10.0 Å². The third-order valence-electron chi connectivity index (χ3n) is 2.35. The Hall–Kier alpha value is -0.710. The predicted octanol–water partition coefficient (Wildman–Crippen LogP) is 3.39. The molecular weight excluding hydrogens is 273 g/mol. The lowest BCUT2D eigenvalue weighted by Crippen LogP contribution is -2.08. The first-order valence-electron chi connectivity index (χ1n) is 6.13. The summed E-state index contributed by atoms with van der Waals surface area (Å²) in [7, 11) is 0. The first kappa shape index (κ1) is 15.3. The van der Waals surface area contributed by atoms with E-state index in [1.165, 1.54) is 0 Å². The third kappa shape index (κ3) is 4.88. The largest absolute Gasteiger partial charge is 0.396 e. The first-order chi connectivity index (χ1) is 8.69. The number of rotatable bonds is 8.